The summed E-state index contributed by atoms with van der Waals surface area (Å²) in [7, 11) is 0. The highest BCUT2D eigenvalue weighted by Crippen LogP contribution is 2.38. The van der Waals surface area contributed by atoms with Crippen molar-refractivity contribution >= 4 is 17.3 Å². The van der Waals surface area contributed by atoms with Crippen LogP contribution in [0.25, 0.3) is 0 Å². The van der Waals surface area contributed by atoms with Gasteiger partial charge >= 0.3 is 0 Å². The Hall–Kier alpha value is -1.51. The van der Waals surface area contributed by atoms with Crippen molar-refractivity contribution in [2.75, 3.05) is 16.8 Å². The van der Waals surface area contributed by atoms with E-state index in [1.165, 1.54) is 0 Å². The molecule has 12 heavy (non-hydrogen) atoms. The van der Waals surface area contributed by atoms with Gasteiger partial charge in [-0.05, 0) is 12.1 Å². The molecule has 1 fully saturated rings. The molecule has 3 heteroatoms. The Morgan fingerprint density at radius 1 is 1.42 bits per heavy atom. The Morgan fingerprint density at radius 2 is 2.25 bits per heavy atom. The van der Waals surface area contributed by atoms with Crippen LogP contribution in [0.2, 0.25) is 0 Å². The molecule has 1 aromatic carbocycles. The van der Waals surface area contributed by atoms with Gasteiger partial charge in [0.2, 0.25) is 5.91 Å². The molecule has 0 radical (unpaired) electrons. The first-order valence-corrected chi connectivity index (χ1v) is 4.03. The number of amides is 1. The normalized spacial score (nSPS) is 24.2. The molecule has 2 aliphatic rings. The van der Waals surface area contributed by atoms with Crippen LogP contribution >= 0.6 is 0 Å². The first kappa shape index (κ1) is 6.06. The molecule has 0 saturated carbocycles. The minimum atomic E-state index is 0.111. The lowest BCUT2D eigenvalue weighted by Gasteiger charge is -2.17. The third-order valence-electron chi connectivity index (χ3n) is 2.39. The van der Waals surface area contributed by atoms with E-state index in [2.05, 4.69) is 10.2 Å². The summed E-state index contributed by atoms with van der Waals surface area (Å²) >= 11 is 0. The molecule has 1 unspecified atom stereocenters. The highest BCUT2D eigenvalue weighted by atomic mass is 16.2. The minimum absolute atomic E-state index is 0.111. The maximum Gasteiger partial charge on any atom is 0.248 e. The van der Waals surface area contributed by atoms with Gasteiger partial charge in [-0.25, -0.2) is 0 Å². The number of fused-ring (bicyclic) bond motifs is 3. The van der Waals surface area contributed by atoms with E-state index in [9.17, 15) is 4.79 Å². The van der Waals surface area contributed by atoms with Gasteiger partial charge < -0.3 is 10.2 Å². The Morgan fingerprint density at radius 3 is 3.17 bits per heavy atom. The predicted molar refractivity (Wildman–Crippen MR) is 46.2 cm³/mol. The van der Waals surface area contributed by atoms with Crippen molar-refractivity contribution in [2.24, 2.45) is 0 Å². The number of nitrogens with one attached hydrogen (secondary N) is 1. The van der Waals surface area contributed by atoms with Gasteiger partial charge in [-0.1, -0.05) is 12.1 Å². The van der Waals surface area contributed by atoms with E-state index < -0.39 is 0 Å². The summed E-state index contributed by atoms with van der Waals surface area (Å²) in [6.07, 6.45) is 0. The number of hydrogen-bond acceptors (Lipinski definition) is 2. The largest absolute Gasteiger partial charge is 0.354 e. The SMILES string of the molecule is O=C1Nc2ccccc2N2CC12. The number of nitrogens with zero attached hydrogens (tertiary/aromatic N) is 1. The average molecular weight is 160 g/mol. The molecule has 0 aliphatic carbocycles. The molecule has 60 valence electrons. The molecule has 2 aliphatic heterocycles. The van der Waals surface area contributed by atoms with Crippen LogP contribution in [-0.2, 0) is 4.79 Å². The summed E-state index contributed by atoms with van der Waals surface area (Å²) in [5.41, 5.74) is 2.10. The van der Waals surface area contributed by atoms with Crippen LogP contribution in [-0.4, -0.2) is 18.5 Å². The highest BCUT2D eigenvalue weighted by molar-refractivity contribution is 6.07. The number of anilines is 2. The van der Waals surface area contributed by atoms with Crippen LogP contribution < -0.4 is 10.2 Å². The second-order valence-electron chi connectivity index (χ2n) is 3.17. The molecule has 1 atom stereocenters. The quantitative estimate of drug-likeness (QED) is 0.570. The van der Waals surface area contributed by atoms with Gasteiger partial charge in [-0.3, -0.25) is 4.79 Å². The second-order valence-corrected chi connectivity index (χ2v) is 3.17. The third kappa shape index (κ3) is 0.630. The maximum absolute atomic E-state index is 11.2. The molecular weight excluding hydrogens is 152 g/mol. The lowest BCUT2D eigenvalue weighted by molar-refractivity contribution is -0.115. The van der Waals surface area contributed by atoms with Crippen LogP contribution in [0, 0.1) is 0 Å². The summed E-state index contributed by atoms with van der Waals surface area (Å²) < 4.78 is 0. The first-order valence-electron chi connectivity index (χ1n) is 4.03. The molecule has 3 rings (SSSR count). The Labute approximate surface area is 70.0 Å². The van der Waals surface area contributed by atoms with Crippen LogP contribution in [0.1, 0.15) is 0 Å². The molecule has 0 aromatic heterocycles. The fourth-order valence-corrected chi connectivity index (χ4v) is 1.68. The highest BCUT2D eigenvalue weighted by Gasteiger charge is 2.44. The number of benzene rings is 1. The monoisotopic (exact) mass is 160 g/mol. The van der Waals surface area contributed by atoms with Crippen molar-refractivity contribution in [2.45, 2.75) is 6.04 Å². The van der Waals surface area contributed by atoms with Crippen LogP contribution in [0.4, 0.5) is 11.4 Å². The number of carbonyl (C=O) groups is 1. The molecular formula is C9H8N2O. The zero-order valence-corrected chi connectivity index (χ0v) is 6.45. The minimum Gasteiger partial charge on any atom is -0.354 e. The van der Waals surface area contributed by atoms with Gasteiger partial charge in [-0.15, -0.1) is 0 Å². The van der Waals surface area contributed by atoms with Gasteiger partial charge in [0.15, 0.2) is 0 Å². The van der Waals surface area contributed by atoms with Gasteiger partial charge in [0.1, 0.15) is 6.04 Å². The van der Waals surface area contributed by atoms with Crippen molar-refractivity contribution in [3.05, 3.63) is 24.3 Å². The lowest BCUT2D eigenvalue weighted by atomic mass is 10.2. The second kappa shape index (κ2) is 1.80. The molecule has 1 N–H and O–H groups in total. The van der Waals surface area contributed by atoms with Gasteiger partial charge in [0, 0.05) is 6.54 Å². The lowest BCUT2D eigenvalue weighted by Crippen LogP contribution is -2.26. The van der Waals surface area contributed by atoms with Crippen molar-refractivity contribution in [3.63, 3.8) is 0 Å². The Balaban J connectivity index is 2.16. The van der Waals surface area contributed by atoms with Gasteiger partial charge in [-0.2, -0.15) is 0 Å². The van der Waals surface area contributed by atoms with Crippen LogP contribution in [0.3, 0.4) is 0 Å². The summed E-state index contributed by atoms with van der Waals surface area (Å²) in [6, 6.07) is 8.01. The number of para-hydroxylation sites is 2. The van der Waals surface area contributed by atoms with E-state index in [1.807, 2.05) is 24.3 Å². The molecule has 1 aromatic rings. The fourth-order valence-electron chi connectivity index (χ4n) is 1.68. The topological polar surface area (TPSA) is 32.1 Å². The molecule has 1 saturated heterocycles. The third-order valence-corrected chi connectivity index (χ3v) is 2.39. The summed E-state index contributed by atoms with van der Waals surface area (Å²) in [5, 5.41) is 2.87. The van der Waals surface area contributed by atoms with Crippen LogP contribution in [0.15, 0.2) is 24.3 Å². The molecule has 2 heterocycles. The number of hydrogen-bond donors (Lipinski definition) is 1. The number of carbonyl (C=O) groups excluding carboxylic acids is 1. The van der Waals surface area contributed by atoms with Crippen LogP contribution in [0.5, 0.6) is 0 Å². The predicted octanol–water partition coefficient (Wildman–Crippen LogP) is 0.827. The maximum atomic E-state index is 11.2. The Kier molecular flexibility index (Phi) is 0.909. The van der Waals surface area contributed by atoms with Crippen molar-refractivity contribution < 1.29 is 4.79 Å². The zero-order chi connectivity index (χ0) is 8.13. The standard InChI is InChI=1S/C9H8N2O/c12-9-8-5-11(8)7-4-2-1-3-6(7)10-9/h1-4,8H,5H2,(H,10,12). The zero-order valence-electron chi connectivity index (χ0n) is 6.45. The average Bonchev–Trinajstić information content (AvgIpc) is 2.84. The number of rotatable bonds is 0. The van der Waals surface area contributed by atoms with Crippen molar-refractivity contribution in [3.8, 4) is 0 Å². The van der Waals surface area contributed by atoms with E-state index in [1.54, 1.807) is 0 Å². The molecule has 0 bridgehead atoms. The first-order chi connectivity index (χ1) is 5.86. The summed E-state index contributed by atoms with van der Waals surface area (Å²) in [5.74, 6) is 0.133. The fraction of sp³-hybridized carbons (Fsp3) is 0.222. The summed E-state index contributed by atoms with van der Waals surface area (Å²) in [6.45, 7) is 0.878. The van der Waals surface area contributed by atoms with E-state index in [4.69, 9.17) is 0 Å². The van der Waals surface area contributed by atoms with Gasteiger partial charge in [0.25, 0.3) is 0 Å². The molecule has 0 spiro atoms. The Bertz CT molecular complexity index is 361. The van der Waals surface area contributed by atoms with E-state index in [-0.39, 0.29) is 11.9 Å². The van der Waals surface area contributed by atoms with E-state index in [0.717, 1.165) is 17.9 Å². The van der Waals surface area contributed by atoms with E-state index >= 15 is 0 Å². The summed E-state index contributed by atoms with van der Waals surface area (Å²) in [4.78, 5) is 13.4. The van der Waals surface area contributed by atoms with Crippen molar-refractivity contribution in [1.82, 2.24) is 0 Å². The van der Waals surface area contributed by atoms with Gasteiger partial charge in [0.05, 0.1) is 11.4 Å². The molecule has 1 amide bonds. The van der Waals surface area contributed by atoms with E-state index in [0.29, 0.717) is 0 Å². The molecule has 3 nitrogen and oxygen atoms in total. The smallest absolute Gasteiger partial charge is 0.248 e. The van der Waals surface area contributed by atoms with Crippen molar-refractivity contribution in [1.29, 1.82) is 0 Å².